The molecule has 0 atom stereocenters. The molecule has 0 rings (SSSR count). The zero-order valence-corrected chi connectivity index (χ0v) is 7.46. The number of allylic oxidation sites excluding steroid dienone is 3. The van der Waals surface area contributed by atoms with E-state index in [0.29, 0.717) is 0 Å². The summed E-state index contributed by atoms with van der Waals surface area (Å²) in [6, 6.07) is 0. The predicted octanol–water partition coefficient (Wildman–Crippen LogP) is 2.23. The summed E-state index contributed by atoms with van der Waals surface area (Å²) in [4.78, 5) is 4.31. The molecule has 0 aliphatic rings. The molecule has 0 radical (unpaired) electrons. The SMILES string of the molecule is C\C=C(CC)/N=C(C)\C=C/N. The smallest absolute Gasteiger partial charge is 0.0390 e. The highest BCUT2D eigenvalue weighted by Gasteiger charge is 1.87. The molecule has 11 heavy (non-hydrogen) atoms. The quantitative estimate of drug-likeness (QED) is 0.619. The van der Waals surface area contributed by atoms with Crippen LogP contribution in [0.25, 0.3) is 0 Å². The third-order valence-electron chi connectivity index (χ3n) is 1.35. The van der Waals surface area contributed by atoms with Crippen LogP contribution < -0.4 is 5.73 Å². The van der Waals surface area contributed by atoms with Crippen molar-refractivity contribution >= 4 is 5.71 Å². The summed E-state index contributed by atoms with van der Waals surface area (Å²) in [6.07, 6.45) is 6.26. The Labute approximate surface area is 68.5 Å². The summed E-state index contributed by atoms with van der Waals surface area (Å²) in [5.41, 5.74) is 7.25. The predicted molar refractivity (Wildman–Crippen MR) is 50.5 cm³/mol. The molecule has 0 bridgehead atoms. The van der Waals surface area contributed by atoms with Gasteiger partial charge in [0.1, 0.15) is 0 Å². The minimum atomic E-state index is 0.947. The normalized spacial score (nSPS) is 14.5. The second-order valence-corrected chi connectivity index (χ2v) is 2.25. The lowest BCUT2D eigenvalue weighted by atomic mass is 10.3. The molecule has 0 saturated heterocycles. The first-order valence-electron chi connectivity index (χ1n) is 3.83. The van der Waals surface area contributed by atoms with Crippen LogP contribution in [0.3, 0.4) is 0 Å². The Bertz CT molecular complexity index is 188. The Balaban J connectivity index is 4.27. The van der Waals surface area contributed by atoms with Gasteiger partial charge >= 0.3 is 0 Å². The molecular weight excluding hydrogens is 136 g/mol. The second kappa shape index (κ2) is 5.71. The van der Waals surface area contributed by atoms with Crippen LogP contribution in [0, 0.1) is 0 Å². The van der Waals surface area contributed by atoms with Crippen molar-refractivity contribution < 1.29 is 0 Å². The van der Waals surface area contributed by atoms with Crippen LogP contribution in [-0.4, -0.2) is 5.71 Å². The number of rotatable bonds is 3. The zero-order valence-electron chi connectivity index (χ0n) is 7.46. The van der Waals surface area contributed by atoms with E-state index < -0.39 is 0 Å². The number of aliphatic imine (C=N–C) groups is 1. The Morgan fingerprint density at radius 2 is 2.18 bits per heavy atom. The number of nitrogens with two attached hydrogens (primary N) is 1. The maximum Gasteiger partial charge on any atom is 0.0390 e. The molecule has 0 spiro atoms. The molecule has 0 aromatic heterocycles. The van der Waals surface area contributed by atoms with E-state index >= 15 is 0 Å². The van der Waals surface area contributed by atoms with Crippen molar-refractivity contribution in [2.45, 2.75) is 27.2 Å². The minimum absolute atomic E-state index is 0.947. The lowest BCUT2D eigenvalue weighted by molar-refractivity contribution is 1.06. The highest BCUT2D eigenvalue weighted by molar-refractivity contribution is 5.93. The summed E-state index contributed by atoms with van der Waals surface area (Å²) in [5, 5.41) is 0. The maximum absolute atomic E-state index is 5.21. The van der Waals surface area contributed by atoms with Gasteiger partial charge in [-0.2, -0.15) is 0 Å². The van der Waals surface area contributed by atoms with E-state index in [2.05, 4.69) is 11.9 Å². The zero-order chi connectivity index (χ0) is 8.69. The first kappa shape index (κ1) is 9.95. The summed E-state index contributed by atoms with van der Waals surface area (Å²) in [7, 11) is 0. The van der Waals surface area contributed by atoms with Gasteiger partial charge in [0.25, 0.3) is 0 Å². The standard InChI is InChI=1S/C9H16N2/c1-4-9(5-2)11-8(3)6-7-10/h4,6-7H,5,10H2,1-3H3/b7-6-,9-4-,11-8-. The van der Waals surface area contributed by atoms with Crippen molar-refractivity contribution in [2.75, 3.05) is 0 Å². The van der Waals surface area contributed by atoms with E-state index in [4.69, 9.17) is 5.73 Å². The van der Waals surface area contributed by atoms with Gasteiger partial charge in [0.15, 0.2) is 0 Å². The molecule has 0 aromatic rings. The van der Waals surface area contributed by atoms with Crippen molar-refractivity contribution in [1.82, 2.24) is 0 Å². The largest absolute Gasteiger partial charge is 0.405 e. The fourth-order valence-electron chi connectivity index (χ4n) is 0.751. The van der Waals surface area contributed by atoms with Gasteiger partial charge in [0.2, 0.25) is 0 Å². The van der Waals surface area contributed by atoms with Gasteiger partial charge in [-0.15, -0.1) is 0 Å². The van der Waals surface area contributed by atoms with Crippen LogP contribution in [0.5, 0.6) is 0 Å². The molecule has 2 N–H and O–H groups in total. The molecule has 0 amide bonds. The third kappa shape index (κ3) is 4.37. The van der Waals surface area contributed by atoms with Gasteiger partial charge in [-0.3, -0.25) is 4.99 Å². The van der Waals surface area contributed by atoms with E-state index in [1.165, 1.54) is 6.20 Å². The van der Waals surface area contributed by atoms with E-state index in [1.807, 2.05) is 19.9 Å². The van der Waals surface area contributed by atoms with Gasteiger partial charge < -0.3 is 5.73 Å². The maximum atomic E-state index is 5.21. The van der Waals surface area contributed by atoms with Gasteiger partial charge in [-0.05, 0) is 32.5 Å². The first-order valence-corrected chi connectivity index (χ1v) is 3.83. The van der Waals surface area contributed by atoms with Crippen molar-refractivity contribution in [3.8, 4) is 0 Å². The van der Waals surface area contributed by atoms with E-state index in [1.54, 1.807) is 6.08 Å². The Hall–Kier alpha value is -1.05. The van der Waals surface area contributed by atoms with Gasteiger partial charge in [-0.25, -0.2) is 0 Å². The fourth-order valence-corrected chi connectivity index (χ4v) is 0.751. The van der Waals surface area contributed by atoms with E-state index in [-0.39, 0.29) is 0 Å². The number of hydrogen-bond donors (Lipinski definition) is 1. The molecule has 0 aliphatic carbocycles. The molecular formula is C9H16N2. The van der Waals surface area contributed by atoms with Gasteiger partial charge in [-0.1, -0.05) is 13.0 Å². The summed E-state index contributed by atoms with van der Waals surface area (Å²) >= 11 is 0. The van der Waals surface area contributed by atoms with Crippen LogP contribution in [0.15, 0.2) is 29.0 Å². The molecule has 0 heterocycles. The Morgan fingerprint density at radius 1 is 1.55 bits per heavy atom. The summed E-state index contributed by atoms with van der Waals surface area (Å²) in [5.74, 6) is 0. The van der Waals surface area contributed by atoms with Gasteiger partial charge in [0, 0.05) is 11.4 Å². The Morgan fingerprint density at radius 3 is 2.55 bits per heavy atom. The van der Waals surface area contributed by atoms with Crippen LogP contribution in [0.1, 0.15) is 27.2 Å². The van der Waals surface area contributed by atoms with Crippen LogP contribution in [0.2, 0.25) is 0 Å². The highest BCUT2D eigenvalue weighted by Crippen LogP contribution is 2.02. The average Bonchev–Trinajstić information content (AvgIpc) is 2.01. The van der Waals surface area contributed by atoms with Crippen LogP contribution in [-0.2, 0) is 0 Å². The molecule has 0 aliphatic heterocycles. The second-order valence-electron chi connectivity index (χ2n) is 2.25. The third-order valence-corrected chi connectivity index (χ3v) is 1.35. The fraction of sp³-hybridized carbons (Fsp3) is 0.444. The van der Waals surface area contributed by atoms with Crippen molar-refractivity contribution in [2.24, 2.45) is 10.7 Å². The first-order chi connectivity index (χ1) is 5.24. The molecule has 0 unspecified atom stereocenters. The Kier molecular flexibility index (Phi) is 5.17. The molecule has 0 saturated carbocycles. The minimum Gasteiger partial charge on any atom is -0.405 e. The highest BCUT2D eigenvalue weighted by atomic mass is 14.7. The van der Waals surface area contributed by atoms with Crippen LogP contribution in [0.4, 0.5) is 0 Å². The topological polar surface area (TPSA) is 38.4 Å². The van der Waals surface area contributed by atoms with Crippen molar-refractivity contribution in [3.05, 3.63) is 24.0 Å². The lowest BCUT2D eigenvalue weighted by Gasteiger charge is -1.95. The molecule has 62 valence electrons. The monoisotopic (exact) mass is 152 g/mol. The number of nitrogens with zero attached hydrogens (tertiary/aromatic N) is 1. The average molecular weight is 152 g/mol. The van der Waals surface area contributed by atoms with Crippen molar-refractivity contribution in [1.29, 1.82) is 0 Å². The van der Waals surface area contributed by atoms with Crippen molar-refractivity contribution in [3.63, 3.8) is 0 Å². The van der Waals surface area contributed by atoms with E-state index in [9.17, 15) is 0 Å². The lowest BCUT2D eigenvalue weighted by Crippen LogP contribution is -1.89. The van der Waals surface area contributed by atoms with Gasteiger partial charge in [0.05, 0.1) is 0 Å². The molecule has 2 heteroatoms. The summed E-state index contributed by atoms with van der Waals surface area (Å²) < 4.78 is 0. The number of hydrogen-bond acceptors (Lipinski definition) is 2. The van der Waals surface area contributed by atoms with Crippen LogP contribution >= 0.6 is 0 Å². The molecule has 2 nitrogen and oxygen atoms in total. The molecule has 0 aromatic carbocycles. The van der Waals surface area contributed by atoms with E-state index in [0.717, 1.165) is 17.8 Å². The summed E-state index contributed by atoms with van der Waals surface area (Å²) in [6.45, 7) is 6.00. The molecule has 0 fully saturated rings.